The van der Waals surface area contributed by atoms with Crippen LogP contribution >= 0.6 is 0 Å². The molecule has 88 valence electrons. The van der Waals surface area contributed by atoms with Crippen LogP contribution in [0.1, 0.15) is 25.7 Å². The predicted molar refractivity (Wildman–Crippen MR) is 53.1 cm³/mol. The molecule has 0 radical (unpaired) electrons. The molecule has 0 unspecified atom stereocenters. The van der Waals surface area contributed by atoms with E-state index in [1.165, 1.54) is 12.8 Å². The minimum atomic E-state index is -0.721. The topological polar surface area (TPSA) is 59.2 Å². The monoisotopic (exact) mass is 232 g/mol. The number of rotatable bonds is 0. The molecule has 6 aliphatic rings. The van der Waals surface area contributed by atoms with Crippen LogP contribution < -0.4 is 0 Å². The molecule has 4 saturated carbocycles. The van der Waals surface area contributed by atoms with Gasteiger partial charge in [-0.25, -0.2) is 0 Å². The van der Waals surface area contributed by atoms with Crippen molar-refractivity contribution in [2.24, 2.45) is 17.3 Å². The number of Topliss-reactive ketones (excluding diaryl/α,β-unsaturated/α-hetero) is 2. The molecule has 4 nitrogen and oxygen atoms in total. The van der Waals surface area contributed by atoms with E-state index in [1.807, 2.05) is 0 Å². The maximum absolute atomic E-state index is 12.5. The van der Waals surface area contributed by atoms with Crippen molar-refractivity contribution in [3.05, 3.63) is 0 Å². The first-order valence-corrected chi connectivity index (χ1v) is 6.63. The van der Waals surface area contributed by atoms with Crippen molar-refractivity contribution in [1.29, 1.82) is 0 Å². The van der Waals surface area contributed by atoms with Gasteiger partial charge in [-0.05, 0) is 31.1 Å². The summed E-state index contributed by atoms with van der Waals surface area (Å²) in [6, 6.07) is 0. The van der Waals surface area contributed by atoms with Gasteiger partial charge in [-0.3, -0.25) is 9.59 Å². The first kappa shape index (κ1) is 8.38. The van der Waals surface area contributed by atoms with Crippen molar-refractivity contribution in [2.45, 2.75) is 49.1 Å². The quantitative estimate of drug-likeness (QED) is 0.561. The van der Waals surface area contributed by atoms with Gasteiger partial charge in [0.1, 0.15) is 0 Å². The number of fused-ring (bicyclic) bond motifs is 1. The fraction of sp³-hybridized carbons (Fsp3) is 0.846. The van der Waals surface area contributed by atoms with Gasteiger partial charge in [0, 0.05) is 11.8 Å². The maximum atomic E-state index is 12.5. The van der Waals surface area contributed by atoms with Gasteiger partial charge in [-0.15, -0.1) is 0 Å². The van der Waals surface area contributed by atoms with E-state index in [0.29, 0.717) is 17.3 Å². The Morgan fingerprint density at radius 1 is 0.941 bits per heavy atom. The molecule has 1 spiro atoms. The van der Waals surface area contributed by atoms with Crippen LogP contribution in [0, 0.1) is 17.3 Å². The molecule has 2 aliphatic heterocycles. The number of carbonyl (C=O) groups excluding carboxylic acids is 2. The Labute approximate surface area is 97.6 Å². The SMILES string of the molecule is O=C1[C@H]2O[C@H]2C(=O)[C@@]23O[C@@]12[C@H]1CC[C@@H]3C12CC2. The standard InChI is InChI=1S/C13H12O4/c14-9-7-8(16-7)10(15)13-6-2-1-5(11(6)3-4-11)12(9,13)17-13/h5-8H,1-4H2/t5-,6+,7-,8+,12-,13+. The highest BCUT2D eigenvalue weighted by Crippen LogP contribution is 2.86. The second-order valence-electron chi connectivity index (χ2n) is 6.69. The zero-order valence-corrected chi connectivity index (χ0v) is 9.27. The Balaban J connectivity index is 1.66. The van der Waals surface area contributed by atoms with E-state index in [2.05, 4.69) is 0 Å². The third-order valence-electron chi connectivity index (χ3n) is 6.51. The number of carbonyl (C=O) groups is 2. The van der Waals surface area contributed by atoms with E-state index in [0.717, 1.165) is 12.8 Å². The number of hydrogen-bond acceptors (Lipinski definition) is 4. The summed E-state index contributed by atoms with van der Waals surface area (Å²) in [4.78, 5) is 24.9. The molecular weight excluding hydrogens is 220 g/mol. The number of hydrogen-bond donors (Lipinski definition) is 0. The number of ether oxygens (including phenoxy) is 2. The first-order chi connectivity index (χ1) is 8.18. The molecule has 0 N–H and O–H groups in total. The molecule has 0 amide bonds. The molecule has 0 aromatic heterocycles. The highest BCUT2D eigenvalue weighted by Gasteiger charge is 3.00. The van der Waals surface area contributed by atoms with E-state index in [-0.39, 0.29) is 11.6 Å². The average molecular weight is 232 g/mol. The Hall–Kier alpha value is -0.740. The van der Waals surface area contributed by atoms with Gasteiger partial charge >= 0.3 is 0 Å². The number of ketones is 2. The minimum Gasteiger partial charge on any atom is -0.353 e. The molecule has 2 heterocycles. The van der Waals surface area contributed by atoms with E-state index in [9.17, 15) is 9.59 Å². The van der Waals surface area contributed by atoms with Gasteiger partial charge < -0.3 is 9.47 Å². The van der Waals surface area contributed by atoms with Crippen LogP contribution in [0.4, 0.5) is 0 Å². The Kier molecular flexibility index (Phi) is 0.898. The van der Waals surface area contributed by atoms with E-state index in [4.69, 9.17) is 9.47 Å². The van der Waals surface area contributed by atoms with Crippen molar-refractivity contribution < 1.29 is 19.1 Å². The summed E-state index contributed by atoms with van der Waals surface area (Å²) in [5.74, 6) is 0.837. The molecule has 2 bridgehead atoms. The maximum Gasteiger partial charge on any atom is 0.200 e. The van der Waals surface area contributed by atoms with E-state index < -0.39 is 23.4 Å². The van der Waals surface area contributed by atoms with Crippen LogP contribution in [0.5, 0.6) is 0 Å². The van der Waals surface area contributed by atoms with Crippen LogP contribution in [-0.2, 0) is 19.1 Å². The lowest BCUT2D eigenvalue weighted by Gasteiger charge is -2.23. The van der Waals surface area contributed by atoms with Gasteiger partial charge in [0.25, 0.3) is 0 Å². The summed E-state index contributed by atoms with van der Waals surface area (Å²) >= 11 is 0. The van der Waals surface area contributed by atoms with Crippen LogP contribution in [-0.4, -0.2) is 35.0 Å². The molecule has 6 atom stereocenters. The Bertz CT molecular complexity index is 494. The molecular formula is C13H12O4. The largest absolute Gasteiger partial charge is 0.353 e. The summed E-state index contributed by atoms with van der Waals surface area (Å²) in [5, 5.41) is 0. The lowest BCUT2D eigenvalue weighted by Crippen LogP contribution is -2.52. The molecule has 2 saturated heterocycles. The third-order valence-corrected chi connectivity index (χ3v) is 6.51. The lowest BCUT2D eigenvalue weighted by molar-refractivity contribution is -0.130. The fourth-order valence-electron chi connectivity index (χ4n) is 5.84. The zero-order chi connectivity index (χ0) is 11.2. The predicted octanol–water partition coefficient (Wildman–Crippen LogP) is 0.233. The van der Waals surface area contributed by atoms with Crippen LogP contribution in [0.25, 0.3) is 0 Å². The average Bonchev–Trinajstić information content (AvgIpc) is 3.15. The molecule has 0 aromatic carbocycles. The smallest absolute Gasteiger partial charge is 0.200 e. The van der Waals surface area contributed by atoms with Gasteiger partial charge in [0.15, 0.2) is 35.0 Å². The van der Waals surface area contributed by atoms with Gasteiger partial charge in [-0.2, -0.15) is 0 Å². The molecule has 0 aromatic rings. The van der Waals surface area contributed by atoms with Crippen LogP contribution in [0.3, 0.4) is 0 Å². The summed E-state index contributed by atoms with van der Waals surface area (Å²) < 4.78 is 11.2. The normalized spacial score (nSPS) is 66.6. The molecule has 17 heavy (non-hydrogen) atoms. The van der Waals surface area contributed by atoms with Gasteiger partial charge in [0.2, 0.25) is 0 Å². The van der Waals surface area contributed by atoms with Crippen molar-refractivity contribution in [2.75, 3.05) is 0 Å². The highest BCUT2D eigenvalue weighted by atomic mass is 16.7. The molecule has 4 aliphatic carbocycles. The van der Waals surface area contributed by atoms with Crippen molar-refractivity contribution in [3.8, 4) is 0 Å². The second kappa shape index (κ2) is 1.82. The fourth-order valence-corrected chi connectivity index (χ4v) is 5.84. The molecule has 4 heteroatoms. The van der Waals surface area contributed by atoms with Gasteiger partial charge in [-0.1, -0.05) is 0 Å². The third kappa shape index (κ3) is 0.514. The Morgan fingerprint density at radius 2 is 1.47 bits per heavy atom. The van der Waals surface area contributed by atoms with E-state index in [1.54, 1.807) is 0 Å². The van der Waals surface area contributed by atoms with Gasteiger partial charge in [0.05, 0.1) is 0 Å². The van der Waals surface area contributed by atoms with Crippen molar-refractivity contribution in [1.82, 2.24) is 0 Å². The molecule has 6 fully saturated rings. The summed E-state index contributed by atoms with van der Waals surface area (Å²) in [7, 11) is 0. The van der Waals surface area contributed by atoms with E-state index >= 15 is 0 Å². The first-order valence-electron chi connectivity index (χ1n) is 6.63. The van der Waals surface area contributed by atoms with Crippen LogP contribution in [0.15, 0.2) is 0 Å². The van der Waals surface area contributed by atoms with Crippen LogP contribution in [0.2, 0.25) is 0 Å². The summed E-state index contributed by atoms with van der Waals surface area (Å²) in [6.07, 6.45) is 3.64. The Morgan fingerprint density at radius 3 is 1.94 bits per heavy atom. The summed E-state index contributed by atoms with van der Waals surface area (Å²) in [6.45, 7) is 0. The highest BCUT2D eigenvalue weighted by molar-refractivity contribution is 6.18. The second-order valence-corrected chi connectivity index (χ2v) is 6.69. The minimum absolute atomic E-state index is 0.0978. The van der Waals surface area contributed by atoms with Crippen molar-refractivity contribution in [3.63, 3.8) is 0 Å². The molecule has 6 rings (SSSR count). The number of epoxide rings is 2. The lowest BCUT2D eigenvalue weighted by atomic mass is 9.69. The van der Waals surface area contributed by atoms with Crippen molar-refractivity contribution >= 4 is 11.6 Å². The zero-order valence-electron chi connectivity index (χ0n) is 9.27. The summed E-state index contributed by atoms with van der Waals surface area (Å²) in [5.41, 5.74) is -1.14.